The number of hydrogen-bond donors (Lipinski definition) is 1. The molecule has 1 saturated heterocycles. The van der Waals surface area contributed by atoms with Crippen LogP contribution in [0.5, 0.6) is 0 Å². The number of aromatic nitrogens is 1. The molecule has 0 aliphatic carbocycles. The van der Waals surface area contributed by atoms with E-state index in [2.05, 4.69) is 15.2 Å². The number of halogens is 2. The van der Waals surface area contributed by atoms with Gasteiger partial charge in [0.25, 0.3) is 11.8 Å². The highest BCUT2D eigenvalue weighted by Crippen LogP contribution is 2.24. The van der Waals surface area contributed by atoms with Gasteiger partial charge in [-0.2, -0.15) is 0 Å². The van der Waals surface area contributed by atoms with Crippen molar-refractivity contribution in [3.05, 3.63) is 44.9 Å². The third kappa shape index (κ3) is 4.17. The maximum absolute atomic E-state index is 12.6. The molecule has 3 rings (SSSR count). The molecule has 0 radical (unpaired) electrons. The maximum Gasteiger partial charge on any atom is 0.273 e. The van der Waals surface area contributed by atoms with Gasteiger partial charge in [-0.1, -0.05) is 23.2 Å². The number of thiazole rings is 1. The summed E-state index contributed by atoms with van der Waals surface area (Å²) in [6, 6.07) is 5.00. The predicted molar refractivity (Wildman–Crippen MR) is 105 cm³/mol. The molecule has 2 heterocycles. The van der Waals surface area contributed by atoms with E-state index in [4.69, 9.17) is 23.2 Å². The number of amides is 2. The van der Waals surface area contributed by atoms with Crippen LogP contribution in [0.2, 0.25) is 10.0 Å². The molecule has 6 nitrogen and oxygen atoms in total. The monoisotopic (exact) mass is 412 g/mol. The molecule has 1 aromatic heterocycles. The van der Waals surface area contributed by atoms with E-state index in [0.717, 1.165) is 6.42 Å². The lowest BCUT2D eigenvalue weighted by Crippen LogP contribution is -2.34. The molecule has 2 aromatic rings. The summed E-state index contributed by atoms with van der Waals surface area (Å²) < 4.78 is 0. The number of nitrogens with zero attached hydrogens (tertiary/aromatic N) is 3. The van der Waals surface area contributed by atoms with E-state index in [1.54, 1.807) is 22.4 Å². The molecular weight excluding hydrogens is 395 g/mol. The minimum Gasteiger partial charge on any atom is -0.336 e. The Balaban J connectivity index is 1.65. The molecule has 1 fully saturated rings. The lowest BCUT2D eigenvalue weighted by molar-refractivity contribution is 0.0777. The van der Waals surface area contributed by atoms with Gasteiger partial charge in [-0.25, -0.2) is 4.98 Å². The van der Waals surface area contributed by atoms with Gasteiger partial charge in [0, 0.05) is 30.1 Å². The minimum atomic E-state index is -0.356. The van der Waals surface area contributed by atoms with Crippen molar-refractivity contribution in [1.82, 2.24) is 14.8 Å². The fourth-order valence-corrected chi connectivity index (χ4v) is 3.72. The number of anilines is 1. The number of nitrogens with one attached hydrogen (secondary N) is 1. The second-order valence-electron chi connectivity index (χ2n) is 6.28. The molecule has 0 spiro atoms. The largest absolute Gasteiger partial charge is 0.336 e. The van der Waals surface area contributed by atoms with Crippen LogP contribution in [0.1, 0.15) is 27.3 Å². The van der Waals surface area contributed by atoms with Crippen LogP contribution in [0.15, 0.2) is 23.6 Å². The van der Waals surface area contributed by atoms with Crippen LogP contribution >= 0.6 is 34.5 Å². The van der Waals surface area contributed by atoms with Crippen molar-refractivity contribution in [1.29, 1.82) is 0 Å². The molecule has 138 valence electrons. The Hall–Kier alpha value is -1.67. The summed E-state index contributed by atoms with van der Waals surface area (Å²) in [5, 5.41) is 5.40. The van der Waals surface area contributed by atoms with Crippen LogP contribution in [-0.2, 0) is 0 Å². The number of likely N-dealkylation sites (N-methyl/N-ethyl adjacent to an activating group) is 1. The molecule has 0 saturated carbocycles. The van der Waals surface area contributed by atoms with Gasteiger partial charge >= 0.3 is 0 Å². The average Bonchev–Trinajstić information content (AvgIpc) is 3.26. The summed E-state index contributed by atoms with van der Waals surface area (Å²) in [5.74, 6) is -0.466. The second kappa shape index (κ2) is 7.92. The number of rotatable bonds is 4. The molecule has 1 aromatic carbocycles. The van der Waals surface area contributed by atoms with E-state index in [0.29, 0.717) is 45.6 Å². The van der Waals surface area contributed by atoms with E-state index >= 15 is 0 Å². The maximum atomic E-state index is 12.6. The normalized spacial score (nSPS) is 17.0. The summed E-state index contributed by atoms with van der Waals surface area (Å²) in [6.07, 6.45) is 0.948. The standard InChI is InChI=1S/C17H18Cl2N4O2S/c1-22(2)11-5-6-23(8-11)16(25)14-9-26-17(20-14)21-15(24)10-3-4-12(18)13(19)7-10/h3-4,7,9,11H,5-6,8H2,1-2H3,(H,20,21,24)/t11-/m1/s1. The van der Waals surface area contributed by atoms with E-state index in [1.165, 1.54) is 17.4 Å². The summed E-state index contributed by atoms with van der Waals surface area (Å²) in [7, 11) is 4.02. The van der Waals surface area contributed by atoms with Crippen LogP contribution in [0.4, 0.5) is 5.13 Å². The van der Waals surface area contributed by atoms with Gasteiger partial charge in [0.05, 0.1) is 10.0 Å². The smallest absolute Gasteiger partial charge is 0.273 e. The zero-order valence-corrected chi connectivity index (χ0v) is 16.7. The van der Waals surface area contributed by atoms with Crippen LogP contribution in [0.25, 0.3) is 0 Å². The Morgan fingerprint density at radius 1 is 1.31 bits per heavy atom. The first-order valence-electron chi connectivity index (χ1n) is 8.03. The van der Waals surface area contributed by atoms with Gasteiger partial charge in [0.2, 0.25) is 0 Å². The van der Waals surface area contributed by atoms with Crippen LogP contribution in [0, 0.1) is 0 Å². The fourth-order valence-electron chi connectivity index (χ4n) is 2.75. The Kier molecular flexibility index (Phi) is 5.82. The zero-order valence-electron chi connectivity index (χ0n) is 14.3. The van der Waals surface area contributed by atoms with Crippen LogP contribution < -0.4 is 5.32 Å². The van der Waals surface area contributed by atoms with Crippen LogP contribution in [-0.4, -0.2) is 59.8 Å². The molecule has 1 aliphatic rings. The van der Waals surface area contributed by atoms with Crippen molar-refractivity contribution < 1.29 is 9.59 Å². The Labute approximate surface area is 165 Å². The van der Waals surface area contributed by atoms with Gasteiger partial charge in [-0.05, 0) is 38.7 Å². The molecule has 1 N–H and O–H groups in total. The summed E-state index contributed by atoms with van der Waals surface area (Å²) in [6.45, 7) is 1.40. The highest BCUT2D eigenvalue weighted by Gasteiger charge is 2.29. The summed E-state index contributed by atoms with van der Waals surface area (Å²) >= 11 is 13.0. The first kappa shape index (κ1) is 19.1. The van der Waals surface area contributed by atoms with E-state index in [9.17, 15) is 9.59 Å². The first-order valence-corrected chi connectivity index (χ1v) is 9.66. The third-order valence-corrected chi connectivity index (χ3v) is 5.80. The van der Waals surface area contributed by atoms with Gasteiger partial charge in [0.15, 0.2) is 5.13 Å². The van der Waals surface area contributed by atoms with Crippen molar-refractivity contribution in [3.63, 3.8) is 0 Å². The molecule has 0 unspecified atom stereocenters. The summed E-state index contributed by atoms with van der Waals surface area (Å²) in [4.78, 5) is 33.0. The molecular formula is C17H18Cl2N4O2S. The average molecular weight is 413 g/mol. The van der Waals surface area contributed by atoms with Gasteiger partial charge in [-0.15, -0.1) is 11.3 Å². The van der Waals surface area contributed by atoms with Crippen molar-refractivity contribution in [2.45, 2.75) is 12.5 Å². The molecule has 26 heavy (non-hydrogen) atoms. The molecule has 1 aliphatic heterocycles. The predicted octanol–water partition coefficient (Wildman–Crippen LogP) is 3.48. The minimum absolute atomic E-state index is 0.111. The highest BCUT2D eigenvalue weighted by molar-refractivity contribution is 7.14. The number of carbonyl (C=O) groups excluding carboxylic acids is 2. The van der Waals surface area contributed by atoms with Gasteiger partial charge in [-0.3, -0.25) is 14.9 Å². The topological polar surface area (TPSA) is 65.5 Å². The molecule has 1 atom stereocenters. The quantitative estimate of drug-likeness (QED) is 0.834. The van der Waals surface area contributed by atoms with E-state index in [1.807, 2.05) is 14.1 Å². The fraction of sp³-hybridized carbons (Fsp3) is 0.353. The number of likely N-dealkylation sites (tertiary alicyclic amines) is 1. The summed E-state index contributed by atoms with van der Waals surface area (Å²) in [5.41, 5.74) is 0.717. The van der Waals surface area contributed by atoms with Crippen molar-refractivity contribution in [2.75, 3.05) is 32.5 Å². The zero-order chi connectivity index (χ0) is 18.8. The lowest BCUT2D eigenvalue weighted by Gasteiger charge is -2.19. The Bertz CT molecular complexity index is 840. The second-order valence-corrected chi connectivity index (χ2v) is 7.95. The highest BCUT2D eigenvalue weighted by atomic mass is 35.5. The number of benzene rings is 1. The van der Waals surface area contributed by atoms with Crippen molar-refractivity contribution in [3.8, 4) is 0 Å². The van der Waals surface area contributed by atoms with Crippen molar-refractivity contribution >= 4 is 51.5 Å². The lowest BCUT2D eigenvalue weighted by atomic mass is 10.2. The van der Waals surface area contributed by atoms with E-state index in [-0.39, 0.29) is 11.8 Å². The van der Waals surface area contributed by atoms with Gasteiger partial charge in [0.1, 0.15) is 5.69 Å². The van der Waals surface area contributed by atoms with Gasteiger partial charge < -0.3 is 9.80 Å². The first-order chi connectivity index (χ1) is 12.3. The molecule has 2 amide bonds. The SMILES string of the molecule is CN(C)[C@@H]1CCN(C(=O)c2csc(NC(=O)c3ccc(Cl)c(Cl)c3)n2)C1. The van der Waals surface area contributed by atoms with Crippen LogP contribution in [0.3, 0.4) is 0 Å². The van der Waals surface area contributed by atoms with Crippen molar-refractivity contribution in [2.24, 2.45) is 0 Å². The third-order valence-electron chi connectivity index (χ3n) is 4.31. The Morgan fingerprint density at radius 2 is 2.08 bits per heavy atom. The number of carbonyl (C=O) groups is 2. The molecule has 9 heteroatoms. The number of hydrogen-bond acceptors (Lipinski definition) is 5. The molecule has 0 bridgehead atoms. The Morgan fingerprint density at radius 3 is 2.73 bits per heavy atom. The van der Waals surface area contributed by atoms with E-state index < -0.39 is 0 Å².